The molecule has 11 heteroatoms. The van der Waals surface area contributed by atoms with Gasteiger partial charge < -0.3 is 19.7 Å². The molecule has 0 unspecified atom stereocenters. The van der Waals surface area contributed by atoms with Gasteiger partial charge in [0.2, 0.25) is 5.43 Å². The van der Waals surface area contributed by atoms with Gasteiger partial charge in [-0.05, 0) is 55.9 Å². The molecule has 2 aromatic heterocycles. The van der Waals surface area contributed by atoms with Crippen LogP contribution < -0.4 is 15.2 Å². The van der Waals surface area contributed by atoms with E-state index in [1.165, 1.54) is 6.20 Å². The number of hydrogen-bond acceptors (Lipinski definition) is 6. The molecule has 0 atom stereocenters. The zero-order chi connectivity index (χ0) is 27.4. The Kier molecular flexibility index (Phi) is 7.90. The highest BCUT2D eigenvalue weighted by molar-refractivity contribution is 5.92. The van der Waals surface area contributed by atoms with Crippen molar-refractivity contribution in [2.45, 2.75) is 39.2 Å². The third kappa shape index (κ3) is 5.75. The highest BCUT2D eigenvalue weighted by Gasteiger charge is 2.25. The number of amides is 1. The number of anilines is 2. The second kappa shape index (κ2) is 11.3. The van der Waals surface area contributed by atoms with Crippen LogP contribution in [0, 0.1) is 23.1 Å². The first kappa shape index (κ1) is 26.6. The molecule has 0 saturated heterocycles. The summed E-state index contributed by atoms with van der Waals surface area (Å²) in [6.07, 6.45) is 2.77. The fourth-order valence-corrected chi connectivity index (χ4v) is 4.39. The van der Waals surface area contributed by atoms with Gasteiger partial charge in [0.05, 0.1) is 17.9 Å². The quantitative estimate of drug-likeness (QED) is 0.384. The van der Waals surface area contributed by atoms with Crippen molar-refractivity contribution in [3.8, 4) is 6.07 Å². The van der Waals surface area contributed by atoms with Gasteiger partial charge in [0.15, 0.2) is 11.6 Å². The van der Waals surface area contributed by atoms with Gasteiger partial charge in [0, 0.05) is 38.1 Å². The molecule has 1 fully saturated rings. The smallest absolute Gasteiger partial charge is 0.411 e. The normalized spacial score (nSPS) is 12.8. The number of aromatic carboxylic acids is 1. The summed E-state index contributed by atoms with van der Waals surface area (Å²) in [4.78, 5) is 43.2. The van der Waals surface area contributed by atoms with Gasteiger partial charge >= 0.3 is 12.1 Å². The van der Waals surface area contributed by atoms with Crippen molar-refractivity contribution in [3.63, 3.8) is 0 Å². The number of likely N-dealkylation sites (N-methyl/N-ethyl adjacent to an activating group) is 1. The summed E-state index contributed by atoms with van der Waals surface area (Å²) in [5, 5.41) is 27.6. The number of nitrogens with zero attached hydrogens (tertiary/aromatic N) is 5. The molecule has 0 spiro atoms. The van der Waals surface area contributed by atoms with Gasteiger partial charge in [-0.15, -0.1) is 0 Å². The number of halogens is 1. The molecule has 2 heterocycles. The number of carboxylic acids is 1. The van der Waals surface area contributed by atoms with E-state index in [9.17, 15) is 24.6 Å². The summed E-state index contributed by atoms with van der Waals surface area (Å²) in [5.41, 5.74) is 0.455. The molecule has 1 saturated carbocycles. The van der Waals surface area contributed by atoms with E-state index in [0.717, 1.165) is 29.4 Å². The van der Waals surface area contributed by atoms with E-state index in [0.29, 0.717) is 37.7 Å². The van der Waals surface area contributed by atoms with Gasteiger partial charge in [-0.25, -0.2) is 19.0 Å². The molecular formula is C27H28FN5O5. The van der Waals surface area contributed by atoms with Crippen LogP contribution in [0.3, 0.4) is 0 Å². The number of carboxylic acid groups (broad SMARTS) is 2. The Morgan fingerprint density at radius 3 is 2.50 bits per heavy atom. The number of nitriles is 1. The highest BCUT2D eigenvalue weighted by Crippen LogP contribution is 2.32. The van der Waals surface area contributed by atoms with E-state index in [1.54, 1.807) is 33.7 Å². The first-order valence-corrected chi connectivity index (χ1v) is 12.4. The van der Waals surface area contributed by atoms with Crippen LogP contribution >= 0.6 is 0 Å². The lowest BCUT2D eigenvalue weighted by Gasteiger charge is -2.24. The molecule has 10 nitrogen and oxygen atoms in total. The standard InChI is InChI=1S/C27H28FN5O5/c1-2-31(13-10-17-6-8-19(9-7-17)33(27(37)38)12-3-11-29)25-22(28)14-20-23(34)21(26(35)36)16-32(24(20)30-25)15-18-4-5-18/h6-9,14,16,18H,2-5,10,12-13,15H2,1H3,(H,35,36)(H,37,38). The van der Waals surface area contributed by atoms with E-state index in [2.05, 4.69) is 4.98 Å². The predicted molar refractivity (Wildman–Crippen MR) is 139 cm³/mol. The van der Waals surface area contributed by atoms with Crippen molar-refractivity contribution in [2.75, 3.05) is 29.4 Å². The number of aromatic nitrogens is 2. The first-order chi connectivity index (χ1) is 18.2. The summed E-state index contributed by atoms with van der Waals surface area (Å²) >= 11 is 0. The molecule has 1 aliphatic carbocycles. The van der Waals surface area contributed by atoms with Crippen LogP contribution in [0.15, 0.2) is 41.3 Å². The Labute approximate surface area is 218 Å². The maximum Gasteiger partial charge on any atom is 0.411 e. The Hall–Kier alpha value is -4.46. The molecule has 0 bridgehead atoms. The van der Waals surface area contributed by atoms with Crippen molar-refractivity contribution >= 4 is 34.6 Å². The minimum absolute atomic E-state index is 0.0576. The third-order valence-electron chi connectivity index (χ3n) is 6.64. The maximum atomic E-state index is 15.2. The predicted octanol–water partition coefficient (Wildman–Crippen LogP) is 4.11. The molecule has 3 aromatic rings. The van der Waals surface area contributed by atoms with E-state index in [1.807, 2.05) is 13.0 Å². The highest BCUT2D eigenvalue weighted by atomic mass is 19.1. The van der Waals surface area contributed by atoms with Crippen LogP contribution in [0.25, 0.3) is 11.0 Å². The summed E-state index contributed by atoms with van der Waals surface area (Å²) in [7, 11) is 0. The van der Waals surface area contributed by atoms with Crippen molar-refractivity contribution < 1.29 is 24.2 Å². The van der Waals surface area contributed by atoms with Crippen molar-refractivity contribution in [2.24, 2.45) is 5.92 Å². The van der Waals surface area contributed by atoms with Crippen molar-refractivity contribution in [1.82, 2.24) is 9.55 Å². The average Bonchev–Trinajstić information content (AvgIpc) is 3.71. The number of benzene rings is 1. The molecule has 1 aromatic carbocycles. The summed E-state index contributed by atoms with van der Waals surface area (Å²) < 4.78 is 16.9. The van der Waals surface area contributed by atoms with Crippen LogP contribution in [0.2, 0.25) is 0 Å². The number of carbonyl (C=O) groups is 2. The summed E-state index contributed by atoms with van der Waals surface area (Å²) in [6, 6.07) is 9.93. The first-order valence-electron chi connectivity index (χ1n) is 12.4. The molecular weight excluding hydrogens is 493 g/mol. The molecule has 2 N–H and O–H groups in total. The van der Waals surface area contributed by atoms with Crippen LogP contribution in [-0.4, -0.2) is 51.5 Å². The maximum absolute atomic E-state index is 15.2. The molecule has 4 rings (SSSR count). The Bertz CT molecular complexity index is 1460. The number of rotatable bonds is 11. The number of pyridine rings is 2. The van der Waals surface area contributed by atoms with E-state index in [4.69, 9.17) is 5.26 Å². The largest absolute Gasteiger partial charge is 0.477 e. The van der Waals surface area contributed by atoms with Crippen LogP contribution in [0.5, 0.6) is 0 Å². The zero-order valence-corrected chi connectivity index (χ0v) is 20.9. The zero-order valence-electron chi connectivity index (χ0n) is 20.9. The topological polar surface area (TPSA) is 140 Å². The van der Waals surface area contributed by atoms with Gasteiger partial charge in [0.25, 0.3) is 0 Å². The van der Waals surface area contributed by atoms with E-state index >= 15 is 4.39 Å². The summed E-state index contributed by atoms with van der Waals surface area (Å²) in [5.74, 6) is -1.61. The molecule has 198 valence electrons. The Balaban J connectivity index is 1.59. The average molecular weight is 522 g/mol. The fourth-order valence-electron chi connectivity index (χ4n) is 4.39. The fraction of sp³-hybridized carbons (Fsp3) is 0.370. The lowest BCUT2D eigenvalue weighted by molar-refractivity contribution is 0.0694. The van der Waals surface area contributed by atoms with Gasteiger partial charge in [-0.3, -0.25) is 9.69 Å². The van der Waals surface area contributed by atoms with Crippen LogP contribution in [-0.2, 0) is 13.0 Å². The van der Waals surface area contributed by atoms with E-state index in [-0.39, 0.29) is 29.8 Å². The second-order valence-electron chi connectivity index (χ2n) is 9.28. The van der Waals surface area contributed by atoms with Gasteiger partial charge in [0.1, 0.15) is 11.2 Å². The Morgan fingerprint density at radius 1 is 1.21 bits per heavy atom. The molecule has 1 aliphatic rings. The lowest BCUT2D eigenvalue weighted by Crippen LogP contribution is -2.30. The lowest BCUT2D eigenvalue weighted by atomic mass is 10.1. The molecule has 0 aliphatic heterocycles. The summed E-state index contributed by atoms with van der Waals surface area (Å²) in [6.45, 7) is 3.28. The minimum atomic E-state index is -1.36. The van der Waals surface area contributed by atoms with E-state index < -0.39 is 28.9 Å². The van der Waals surface area contributed by atoms with Gasteiger partial charge in [-0.2, -0.15) is 5.26 Å². The number of hydrogen-bond donors (Lipinski definition) is 2. The van der Waals surface area contributed by atoms with Crippen molar-refractivity contribution in [3.05, 3.63) is 63.7 Å². The van der Waals surface area contributed by atoms with Crippen LogP contribution in [0.1, 0.15) is 42.1 Å². The monoisotopic (exact) mass is 521 g/mol. The Morgan fingerprint density at radius 2 is 1.92 bits per heavy atom. The molecule has 1 amide bonds. The third-order valence-corrected chi connectivity index (χ3v) is 6.64. The second-order valence-corrected chi connectivity index (χ2v) is 9.28. The van der Waals surface area contributed by atoms with Crippen molar-refractivity contribution in [1.29, 1.82) is 5.26 Å². The van der Waals surface area contributed by atoms with Crippen LogP contribution in [0.4, 0.5) is 20.7 Å². The van der Waals surface area contributed by atoms with Gasteiger partial charge in [-0.1, -0.05) is 12.1 Å². The SMILES string of the molecule is CCN(CCc1ccc(N(CCC#N)C(=O)O)cc1)c1nc2c(cc1F)c(=O)c(C(=O)O)cn2CC1CC1. The number of fused-ring (bicyclic) bond motifs is 1. The molecule has 0 radical (unpaired) electrons. The molecule has 38 heavy (non-hydrogen) atoms. The minimum Gasteiger partial charge on any atom is -0.477 e.